The fourth-order valence-corrected chi connectivity index (χ4v) is 2.84. The quantitative estimate of drug-likeness (QED) is 0.864. The Morgan fingerprint density at radius 3 is 2.71 bits per heavy atom. The Labute approximate surface area is 140 Å². The summed E-state index contributed by atoms with van der Waals surface area (Å²) in [6.07, 6.45) is 3.39. The summed E-state index contributed by atoms with van der Waals surface area (Å²) in [5.41, 5.74) is 0.984. The molecule has 1 atom stereocenters. The average Bonchev–Trinajstić information content (AvgIpc) is 3.10. The molecule has 6 nitrogen and oxygen atoms in total. The number of nitrogens with one attached hydrogen (secondary N) is 1. The molecule has 0 unspecified atom stereocenters. The van der Waals surface area contributed by atoms with Gasteiger partial charge in [0.1, 0.15) is 12.4 Å². The lowest BCUT2D eigenvalue weighted by atomic mass is 10.0. The minimum absolute atomic E-state index is 0.00364. The summed E-state index contributed by atoms with van der Waals surface area (Å²) in [5, 5.41) is 6.98. The first-order chi connectivity index (χ1) is 11.7. The van der Waals surface area contributed by atoms with Crippen molar-refractivity contribution < 1.29 is 13.9 Å². The van der Waals surface area contributed by atoms with Crippen molar-refractivity contribution >= 4 is 5.91 Å². The van der Waals surface area contributed by atoms with E-state index in [2.05, 4.69) is 15.3 Å². The second kappa shape index (κ2) is 8.03. The van der Waals surface area contributed by atoms with Crippen LogP contribution in [-0.4, -0.2) is 53.4 Å². The van der Waals surface area contributed by atoms with Gasteiger partial charge in [-0.25, -0.2) is 4.39 Å². The van der Waals surface area contributed by atoms with Gasteiger partial charge in [0.15, 0.2) is 0 Å². The highest BCUT2D eigenvalue weighted by Gasteiger charge is 2.23. The second-order valence-corrected chi connectivity index (χ2v) is 5.72. The zero-order valence-electron chi connectivity index (χ0n) is 13.4. The molecule has 1 saturated heterocycles. The maximum Gasteiger partial charge on any atom is 0.241 e. The molecule has 1 amide bonds. The van der Waals surface area contributed by atoms with E-state index in [1.54, 1.807) is 35.3 Å². The van der Waals surface area contributed by atoms with Crippen LogP contribution < -0.4 is 5.32 Å². The highest BCUT2D eigenvalue weighted by Crippen LogP contribution is 2.21. The maximum absolute atomic E-state index is 13.2. The number of rotatable bonds is 6. The van der Waals surface area contributed by atoms with E-state index < -0.39 is 0 Å². The Morgan fingerprint density at radius 1 is 1.29 bits per heavy atom. The Morgan fingerprint density at radius 2 is 2.04 bits per heavy atom. The van der Waals surface area contributed by atoms with Crippen molar-refractivity contribution in [1.29, 1.82) is 0 Å². The monoisotopic (exact) mass is 332 g/mol. The SMILES string of the molecule is O=C(Cn1cccn1)NC[C@H](c1ccc(F)cc1)N1CCOCC1. The first-order valence-electron chi connectivity index (χ1n) is 8.04. The molecule has 24 heavy (non-hydrogen) atoms. The van der Waals surface area contributed by atoms with Crippen LogP contribution in [0.15, 0.2) is 42.7 Å². The van der Waals surface area contributed by atoms with Gasteiger partial charge in [0.25, 0.3) is 0 Å². The van der Waals surface area contributed by atoms with Crippen molar-refractivity contribution in [3.8, 4) is 0 Å². The third kappa shape index (κ3) is 4.39. The van der Waals surface area contributed by atoms with Crippen LogP contribution in [0.1, 0.15) is 11.6 Å². The van der Waals surface area contributed by atoms with Crippen LogP contribution in [0.2, 0.25) is 0 Å². The molecule has 0 spiro atoms. The standard InChI is InChI=1S/C17H21FN4O2/c18-15-4-2-14(3-5-15)16(21-8-10-24-11-9-21)12-19-17(23)13-22-7-1-6-20-22/h1-7,16H,8-13H2,(H,19,23)/t16-/m1/s1. The maximum atomic E-state index is 13.2. The molecule has 0 radical (unpaired) electrons. The van der Waals surface area contributed by atoms with Crippen LogP contribution in [0.3, 0.4) is 0 Å². The Balaban J connectivity index is 1.65. The van der Waals surface area contributed by atoms with E-state index in [0.717, 1.165) is 18.7 Å². The highest BCUT2D eigenvalue weighted by molar-refractivity contribution is 5.75. The topological polar surface area (TPSA) is 59.4 Å². The van der Waals surface area contributed by atoms with Crippen molar-refractivity contribution in [2.75, 3.05) is 32.8 Å². The van der Waals surface area contributed by atoms with Gasteiger partial charge in [-0.05, 0) is 23.8 Å². The summed E-state index contributed by atoms with van der Waals surface area (Å²) in [7, 11) is 0. The Bertz CT molecular complexity index is 639. The summed E-state index contributed by atoms with van der Waals surface area (Å²) in [6.45, 7) is 3.56. The molecule has 1 N–H and O–H groups in total. The third-order valence-electron chi connectivity index (χ3n) is 4.10. The summed E-state index contributed by atoms with van der Waals surface area (Å²) in [5.74, 6) is -0.360. The molecule has 1 aliphatic heterocycles. The first-order valence-corrected chi connectivity index (χ1v) is 8.04. The molecule has 7 heteroatoms. The molecule has 3 rings (SSSR count). The van der Waals surface area contributed by atoms with Gasteiger partial charge in [0.05, 0.1) is 19.3 Å². The lowest BCUT2D eigenvalue weighted by Crippen LogP contribution is -2.44. The summed E-state index contributed by atoms with van der Waals surface area (Å²) in [6, 6.07) is 8.23. The normalized spacial score (nSPS) is 16.7. The van der Waals surface area contributed by atoms with Crippen molar-refractivity contribution in [2.45, 2.75) is 12.6 Å². The predicted molar refractivity (Wildman–Crippen MR) is 86.8 cm³/mol. The van der Waals surface area contributed by atoms with Crippen LogP contribution in [0.4, 0.5) is 4.39 Å². The molecule has 0 bridgehead atoms. The fourth-order valence-electron chi connectivity index (χ4n) is 2.84. The van der Waals surface area contributed by atoms with Gasteiger partial charge in [-0.15, -0.1) is 0 Å². The number of ether oxygens (including phenoxy) is 1. The third-order valence-corrected chi connectivity index (χ3v) is 4.10. The van der Waals surface area contributed by atoms with Crippen molar-refractivity contribution in [3.63, 3.8) is 0 Å². The van der Waals surface area contributed by atoms with Crippen LogP contribution in [0.25, 0.3) is 0 Å². The molecule has 1 aromatic carbocycles. The molecule has 128 valence electrons. The number of benzene rings is 1. The van der Waals surface area contributed by atoms with Gasteiger partial charge in [0.2, 0.25) is 5.91 Å². The van der Waals surface area contributed by atoms with Gasteiger partial charge in [-0.2, -0.15) is 5.10 Å². The van der Waals surface area contributed by atoms with Gasteiger partial charge in [-0.1, -0.05) is 12.1 Å². The number of carbonyl (C=O) groups excluding carboxylic acids is 1. The van der Waals surface area contributed by atoms with E-state index in [1.165, 1.54) is 12.1 Å². The van der Waals surface area contributed by atoms with E-state index >= 15 is 0 Å². The molecule has 0 aliphatic carbocycles. The van der Waals surface area contributed by atoms with Crippen molar-refractivity contribution in [1.82, 2.24) is 20.0 Å². The van der Waals surface area contributed by atoms with Crippen LogP contribution >= 0.6 is 0 Å². The zero-order valence-corrected chi connectivity index (χ0v) is 13.4. The van der Waals surface area contributed by atoms with Gasteiger partial charge in [0, 0.05) is 32.0 Å². The number of hydrogen-bond acceptors (Lipinski definition) is 4. The molecule has 1 fully saturated rings. The van der Waals surface area contributed by atoms with E-state index in [4.69, 9.17) is 4.74 Å². The average molecular weight is 332 g/mol. The summed E-state index contributed by atoms with van der Waals surface area (Å²) < 4.78 is 20.2. The molecule has 2 heterocycles. The fraction of sp³-hybridized carbons (Fsp3) is 0.412. The number of aromatic nitrogens is 2. The number of carbonyl (C=O) groups is 1. The lowest BCUT2D eigenvalue weighted by molar-refractivity contribution is -0.122. The van der Waals surface area contributed by atoms with Gasteiger partial charge >= 0.3 is 0 Å². The van der Waals surface area contributed by atoms with Gasteiger partial charge < -0.3 is 10.1 Å². The van der Waals surface area contributed by atoms with Crippen LogP contribution in [-0.2, 0) is 16.1 Å². The molecule has 1 aromatic heterocycles. The molecular formula is C17H21FN4O2. The minimum Gasteiger partial charge on any atom is -0.379 e. The van der Waals surface area contributed by atoms with E-state index in [0.29, 0.717) is 19.8 Å². The Kier molecular flexibility index (Phi) is 5.55. The predicted octanol–water partition coefficient (Wildman–Crippen LogP) is 1.21. The lowest BCUT2D eigenvalue weighted by Gasteiger charge is -2.35. The minimum atomic E-state index is -0.262. The number of morpholine rings is 1. The summed E-state index contributed by atoms with van der Waals surface area (Å²) in [4.78, 5) is 14.4. The van der Waals surface area contributed by atoms with Gasteiger partial charge in [-0.3, -0.25) is 14.4 Å². The Hall–Kier alpha value is -2.25. The molecule has 0 saturated carbocycles. The highest BCUT2D eigenvalue weighted by atomic mass is 19.1. The number of amides is 1. The zero-order chi connectivity index (χ0) is 16.8. The van der Waals surface area contributed by atoms with E-state index in [1.807, 2.05) is 0 Å². The number of hydrogen-bond donors (Lipinski definition) is 1. The number of halogens is 1. The van der Waals surface area contributed by atoms with E-state index in [9.17, 15) is 9.18 Å². The molecular weight excluding hydrogens is 311 g/mol. The molecule has 1 aliphatic rings. The van der Waals surface area contributed by atoms with Crippen LogP contribution in [0.5, 0.6) is 0 Å². The van der Waals surface area contributed by atoms with Crippen molar-refractivity contribution in [3.05, 3.63) is 54.1 Å². The first kappa shape index (κ1) is 16.6. The largest absolute Gasteiger partial charge is 0.379 e. The van der Waals surface area contributed by atoms with Crippen molar-refractivity contribution in [2.24, 2.45) is 0 Å². The van der Waals surface area contributed by atoms with E-state index in [-0.39, 0.29) is 24.3 Å². The smallest absolute Gasteiger partial charge is 0.241 e. The summed E-state index contributed by atoms with van der Waals surface area (Å²) >= 11 is 0. The number of nitrogens with zero attached hydrogens (tertiary/aromatic N) is 3. The molecule has 2 aromatic rings. The second-order valence-electron chi connectivity index (χ2n) is 5.72. The van der Waals surface area contributed by atoms with Crippen LogP contribution in [0, 0.1) is 5.82 Å².